The van der Waals surface area contributed by atoms with E-state index in [0.29, 0.717) is 6.04 Å². The predicted molar refractivity (Wildman–Crippen MR) is 83.4 cm³/mol. The van der Waals surface area contributed by atoms with E-state index in [2.05, 4.69) is 56.9 Å². The lowest BCUT2D eigenvalue weighted by Crippen LogP contribution is -2.37. The first-order chi connectivity index (χ1) is 9.11. The molecule has 1 heteroatoms. The summed E-state index contributed by atoms with van der Waals surface area (Å²) in [6, 6.07) is 9.70. The third-order valence-corrected chi connectivity index (χ3v) is 4.91. The van der Waals surface area contributed by atoms with Gasteiger partial charge < -0.3 is 0 Å². The van der Waals surface area contributed by atoms with Gasteiger partial charge in [-0.2, -0.15) is 0 Å². The molecule has 1 aliphatic heterocycles. The molecule has 106 valence electrons. The van der Waals surface area contributed by atoms with Crippen LogP contribution in [0, 0.1) is 11.8 Å². The van der Waals surface area contributed by atoms with Crippen molar-refractivity contribution in [3.63, 3.8) is 0 Å². The van der Waals surface area contributed by atoms with Crippen molar-refractivity contribution in [3.8, 4) is 0 Å². The molecule has 1 fully saturated rings. The summed E-state index contributed by atoms with van der Waals surface area (Å²) < 4.78 is 0. The van der Waals surface area contributed by atoms with Gasteiger partial charge in [0.05, 0.1) is 0 Å². The summed E-state index contributed by atoms with van der Waals surface area (Å²) in [5, 5.41) is 0. The maximum atomic E-state index is 2.66. The maximum absolute atomic E-state index is 2.66. The van der Waals surface area contributed by atoms with Crippen molar-refractivity contribution in [3.05, 3.63) is 35.4 Å². The number of piperidine rings is 1. The second-order valence-electron chi connectivity index (χ2n) is 6.39. The first-order valence-electron chi connectivity index (χ1n) is 7.94. The zero-order valence-electron chi connectivity index (χ0n) is 13.0. The van der Waals surface area contributed by atoms with Gasteiger partial charge in [0.2, 0.25) is 0 Å². The number of hydrogen-bond acceptors (Lipinski definition) is 1. The predicted octanol–water partition coefficient (Wildman–Crippen LogP) is 4.68. The standard InChI is InChI=1S/C18H29N/c1-5-16-7-6-8-18(13-16)15(4)19-11-9-17(10-12-19)14(2)3/h6-8,13-15,17H,5,9-12H2,1-4H3. The molecule has 1 saturated heterocycles. The SMILES string of the molecule is CCc1cccc(C(C)N2CCC(C(C)C)CC2)c1. The molecule has 2 rings (SSSR count). The van der Waals surface area contributed by atoms with Crippen LogP contribution in [0.5, 0.6) is 0 Å². The highest BCUT2D eigenvalue weighted by atomic mass is 15.2. The van der Waals surface area contributed by atoms with Crippen molar-refractivity contribution in [2.45, 2.75) is 53.0 Å². The molecule has 0 aliphatic carbocycles. The third kappa shape index (κ3) is 3.60. The van der Waals surface area contributed by atoms with Gasteiger partial charge in [-0.3, -0.25) is 4.90 Å². The lowest BCUT2D eigenvalue weighted by atomic mass is 9.86. The van der Waals surface area contributed by atoms with Gasteiger partial charge in [-0.1, -0.05) is 45.0 Å². The first kappa shape index (κ1) is 14.6. The number of benzene rings is 1. The molecule has 0 saturated carbocycles. The van der Waals surface area contributed by atoms with Crippen molar-refractivity contribution >= 4 is 0 Å². The van der Waals surface area contributed by atoms with Crippen LogP contribution in [-0.2, 0) is 6.42 Å². The Kier molecular flexibility index (Phi) is 5.04. The van der Waals surface area contributed by atoms with E-state index in [9.17, 15) is 0 Å². The summed E-state index contributed by atoms with van der Waals surface area (Å²) in [5.74, 6) is 1.78. The molecule has 0 bridgehead atoms. The van der Waals surface area contributed by atoms with Gasteiger partial charge in [0.25, 0.3) is 0 Å². The zero-order valence-corrected chi connectivity index (χ0v) is 13.0. The molecule has 0 spiro atoms. The average Bonchev–Trinajstić information content (AvgIpc) is 2.46. The Balaban J connectivity index is 1.98. The summed E-state index contributed by atoms with van der Waals surface area (Å²) >= 11 is 0. The maximum Gasteiger partial charge on any atom is 0.0319 e. The molecule has 1 aliphatic rings. The Hall–Kier alpha value is -0.820. The van der Waals surface area contributed by atoms with Crippen molar-refractivity contribution in [1.82, 2.24) is 4.90 Å². The fourth-order valence-corrected chi connectivity index (χ4v) is 3.26. The van der Waals surface area contributed by atoms with Gasteiger partial charge in [0, 0.05) is 6.04 Å². The van der Waals surface area contributed by atoms with Crippen molar-refractivity contribution in [1.29, 1.82) is 0 Å². The van der Waals surface area contributed by atoms with Gasteiger partial charge in [-0.25, -0.2) is 0 Å². The molecular weight excluding hydrogens is 230 g/mol. The van der Waals surface area contributed by atoms with E-state index in [4.69, 9.17) is 0 Å². The topological polar surface area (TPSA) is 3.24 Å². The minimum atomic E-state index is 0.569. The van der Waals surface area contributed by atoms with Gasteiger partial charge in [-0.15, -0.1) is 0 Å². The van der Waals surface area contributed by atoms with Crippen LogP contribution in [0.3, 0.4) is 0 Å². The number of aryl methyl sites for hydroxylation is 1. The quantitative estimate of drug-likeness (QED) is 0.759. The molecule has 0 radical (unpaired) electrons. The van der Waals surface area contributed by atoms with Crippen LogP contribution in [-0.4, -0.2) is 18.0 Å². The average molecular weight is 259 g/mol. The van der Waals surface area contributed by atoms with E-state index in [1.54, 1.807) is 0 Å². The molecule has 1 unspecified atom stereocenters. The number of hydrogen-bond donors (Lipinski definition) is 0. The minimum Gasteiger partial charge on any atom is -0.297 e. The Morgan fingerprint density at radius 2 is 1.84 bits per heavy atom. The smallest absolute Gasteiger partial charge is 0.0319 e. The van der Waals surface area contributed by atoms with Crippen LogP contribution < -0.4 is 0 Å². The molecule has 0 N–H and O–H groups in total. The Bertz CT molecular complexity index is 388. The zero-order chi connectivity index (χ0) is 13.8. The van der Waals surface area contributed by atoms with Gasteiger partial charge in [-0.05, 0) is 62.2 Å². The van der Waals surface area contributed by atoms with Crippen molar-refractivity contribution in [2.75, 3.05) is 13.1 Å². The van der Waals surface area contributed by atoms with E-state index in [1.807, 2.05) is 0 Å². The molecular formula is C18H29N. The third-order valence-electron chi connectivity index (χ3n) is 4.91. The van der Waals surface area contributed by atoms with Crippen LogP contribution in [0.4, 0.5) is 0 Å². The van der Waals surface area contributed by atoms with Crippen LogP contribution in [0.2, 0.25) is 0 Å². The largest absolute Gasteiger partial charge is 0.297 e. The van der Waals surface area contributed by atoms with E-state index in [0.717, 1.165) is 18.3 Å². The van der Waals surface area contributed by atoms with Gasteiger partial charge in [0.1, 0.15) is 0 Å². The highest BCUT2D eigenvalue weighted by Gasteiger charge is 2.24. The summed E-state index contributed by atoms with van der Waals surface area (Å²) in [4.78, 5) is 2.66. The van der Waals surface area contributed by atoms with Gasteiger partial charge in [0.15, 0.2) is 0 Å². The van der Waals surface area contributed by atoms with Crippen LogP contribution >= 0.6 is 0 Å². The van der Waals surface area contributed by atoms with E-state index < -0.39 is 0 Å². The van der Waals surface area contributed by atoms with Crippen molar-refractivity contribution < 1.29 is 0 Å². The van der Waals surface area contributed by atoms with E-state index >= 15 is 0 Å². The molecule has 1 heterocycles. The summed E-state index contributed by atoms with van der Waals surface area (Å²) in [7, 11) is 0. The fraction of sp³-hybridized carbons (Fsp3) is 0.667. The lowest BCUT2D eigenvalue weighted by Gasteiger charge is -2.37. The Morgan fingerprint density at radius 3 is 2.42 bits per heavy atom. The highest BCUT2D eigenvalue weighted by molar-refractivity contribution is 5.25. The first-order valence-corrected chi connectivity index (χ1v) is 7.94. The minimum absolute atomic E-state index is 0.569. The molecule has 1 atom stereocenters. The molecule has 1 aromatic rings. The van der Waals surface area contributed by atoms with Crippen LogP contribution in [0.1, 0.15) is 57.7 Å². The van der Waals surface area contributed by atoms with E-state index in [1.165, 1.54) is 37.1 Å². The van der Waals surface area contributed by atoms with Crippen LogP contribution in [0.15, 0.2) is 24.3 Å². The second kappa shape index (κ2) is 6.56. The Labute approximate surface area is 119 Å². The number of nitrogens with zero attached hydrogens (tertiary/aromatic N) is 1. The Morgan fingerprint density at radius 1 is 1.16 bits per heavy atom. The normalized spacial score (nSPS) is 19.8. The molecule has 0 aromatic heterocycles. The molecule has 1 aromatic carbocycles. The summed E-state index contributed by atoms with van der Waals surface area (Å²) in [6.45, 7) is 11.9. The number of rotatable bonds is 4. The number of likely N-dealkylation sites (tertiary alicyclic amines) is 1. The molecule has 0 amide bonds. The summed E-state index contributed by atoms with van der Waals surface area (Å²) in [5.41, 5.74) is 2.95. The van der Waals surface area contributed by atoms with E-state index in [-0.39, 0.29) is 0 Å². The molecule has 19 heavy (non-hydrogen) atoms. The van der Waals surface area contributed by atoms with Crippen molar-refractivity contribution in [2.24, 2.45) is 11.8 Å². The van der Waals surface area contributed by atoms with Gasteiger partial charge >= 0.3 is 0 Å². The molecule has 1 nitrogen and oxygen atoms in total. The fourth-order valence-electron chi connectivity index (χ4n) is 3.26. The van der Waals surface area contributed by atoms with Crippen LogP contribution in [0.25, 0.3) is 0 Å². The lowest BCUT2D eigenvalue weighted by molar-refractivity contribution is 0.122. The second-order valence-corrected chi connectivity index (χ2v) is 6.39. The monoisotopic (exact) mass is 259 g/mol. The summed E-state index contributed by atoms with van der Waals surface area (Å²) in [6.07, 6.45) is 3.88. The highest BCUT2D eigenvalue weighted by Crippen LogP contribution is 2.30.